The predicted octanol–water partition coefficient (Wildman–Crippen LogP) is 9.00. The lowest BCUT2D eigenvalue weighted by molar-refractivity contribution is -0.139. The SMILES string of the molecule is C=C(C)C(=O)OCCCCOc1ccc(C(=O)Oc2ccc(C(=O)Oc3ccc(CCCCCCCCC)cc3)cc2)cc1C. The molecule has 7 nitrogen and oxygen atoms in total. The number of ether oxygens (including phenoxy) is 4. The molecule has 0 radical (unpaired) electrons. The van der Waals surface area contributed by atoms with Crippen molar-refractivity contribution < 1.29 is 33.3 Å². The molecule has 0 aliphatic carbocycles. The second-order valence-corrected chi connectivity index (χ2v) is 11.3. The molecule has 7 heteroatoms. The monoisotopic (exact) mass is 614 g/mol. The van der Waals surface area contributed by atoms with Gasteiger partial charge in [0.25, 0.3) is 0 Å². The summed E-state index contributed by atoms with van der Waals surface area (Å²) in [6.45, 7) is 10.0. The van der Waals surface area contributed by atoms with Crippen molar-refractivity contribution in [3.05, 3.63) is 101 Å². The van der Waals surface area contributed by atoms with E-state index in [0.29, 0.717) is 60.0 Å². The molecular weight excluding hydrogens is 568 g/mol. The number of hydrogen-bond donors (Lipinski definition) is 0. The summed E-state index contributed by atoms with van der Waals surface area (Å²) in [4.78, 5) is 36.8. The fourth-order valence-corrected chi connectivity index (χ4v) is 4.61. The van der Waals surface area contributed by atoms with Gasteiger partial charge in [-0.15, -0.1) is 0 Å². The number of aryl methyl sites for hydroxylation is 2. The van der Waals surface area contributed by atoms with Crippen molar-refractivity contribution in [2.75, 3.05) is 13.2 Å². The standard InChI is InChI=1S/C38H46O7/c1-5-6-7-8-9-10-11-14-30-15-20-33(21-16-30)44-37(40)31-17-22-34(23-18-31)45-38(41)32-19-24-35(29(4)27-32)42-25-12-13-26-43-36(39)28(2)3/h15-24,27H,2,5-14,25-26H2,1,3-4H3. The lowest BCUT2D eigenvalue weighted by Crippen LogP contribution is -2.11. The zero-order valence-electron chi connectivity index (χ0n) is 26.9. The first-order valence-electron chi connectivity index (χ1n) is 16.0. The largest absolute Gasteiger partial charge is 0.493 e. The Bertz CT molecular complexity index is 1390. The van der Waals surface area contributed by atoms with Crippen molar-refractivity contribution in [1.29, 1.82) is 0 Å². The molecule has 45 heavy (non-hydrogen) atoms. The fourth-order valence-electron chi connectivity index (χ4n) is 4.61. The highest BCUT2D eigenvalue weighted by Crippen LogP contribution is 2.22. The Morgan fingerprint density at radius 1 is 0.667 bits per heavy atom. The zero-order chi connectivity index (χ0) is 32.4. The summed E-state index contributed by atoms with van der Waals surface area (Å²) in [7, 11) is 0. The van der Waals surface area contributed by atoms with Gasteiger partial charge in [-0.05, 0) is 105 Å². The van der Waals surface area contributed by atoms with Crippen LogP contribution in [0.3, 0.4) is 0 Å². The Morgan fingerprint density at radius 2 is 1.22 bits per heavy atom. The molecule has 0 amide bonds. The van der Waals surface area contributed by atoms with Crippen molar-refractivity contribution in [2.24, 2.45) is 0 Å². The van der Waals surface area contributed by atoms with Gasteiger partial charge in [-0.1, -0.05) is 64.2 Å². The summed E-state index contributed by atoms with van der Waals surface area (Å²) in [6, 6.07) is 19.0. The molecule has 240 valence electrons. The highest BCUT2D eigenvalue weighted by molar-refractivity contribution is 5.93. The Labute approximate surface area is 267 Å². The molecule has 0 heterocycles. The van der Waals surface area contributed by atoms with Crippen LogP contribution in [0, 0.1) is 6.92 Å². The normalized spacial score (nSPS) is 10.6. The number of benzene rings is 3. The molecule has 0 spiro atoms. The van der Waals surface area contributed by atoms with E-state index in [1.807, 2.05) is 31.2 Å². The highest BCUT2D eigenvalue weighted by atomic mass is 16.5. The second-order valence-electron chi connectivity index (χ2n) is 11.3. The van der Waals surface area contributed by atoms with Crippen LogP contribution in [0.5, 0.6) is 17.2 Å². The van der Waals surface area contributed by atoms with Crippen molar-refractivity contribution >= 4 is 17.9 Å². The van der Waals surface area contributed by atoms with Crippen molar-refractivity contribution in [1.82, 2.24) is 0 Å². The van der Waals surface area contributed by atoms with Crippen LogP contribution in [-0.2, 0) is 16.0 Å². The van der Waals surface area contributed by atoms with E-state index in [2.05, 4.69) is 13.5 Å². The molecule has 0 aliphatic heterocycles. The number of unbranched alkanes of at least 4 members (excludes halogenated alkanes) is 7. The van der Waals surface area contributed by atoms with Crippen LogP contribution >= 0.6 is 0 Å². The third-order valence-corrected chi connectivity index (χ3v) is 7.29. The van der Waals surface area contributed by atoms with Gasteiger partial charge in [-0.3, -0.25) is 0 Å². The lowest BCUT2D eigenvalue weighted by atomic mass is 10.0. The van der Waals surface area contributed by atoms with Crippen LogP contribution in [0.1, 0.15) is 103 Å². The van der Waals surface area contributed by atoms with E-state index in [1.54, 1.807) is 49.4 Å². The van der Waals surface area contributed by atoms with E-state index in [-0.39, 0.29) is 0 Å². The Balaban J connectivity index is 1.40. The summed E-state index contributed by atoms with van der Waals surface area (Å²) in [5, 5.41) is 0. The minimum Gasteiger partial charge on any atom is -0.493 e. The van der Waals surface area contributed by atoms with Crippen LogP contribution in [0.15, 0.2) is 78.9 Å². The first-order chi connectivity index (χ1) is 21.8. The van der Waals surface area contributed by atoms with E-state index in [9.17, 15) is 14.4 Å². The van der Waals surface area contributed by atoms with E-state index in [1.165, 1.54) is 50.5 Å². The average Bonchev–Trinajstić information content (AvgIpc) is 3.03. The molecule has 0 aromatic heterocycles. The molecular formula is C38H46O7. The summed E-state index contributed by atoms with van der Waals surface area (Å²) in [5.74, 6) is 0.0826. The molecule has 3 aromatic rings. The smallest absolute Gasteiger partial charge is 0.343 e. The van der Waals surface area contributed by atoms with Crippen molar-refractivity contribution in [3.8, 4) is 17.2 Å². The maximum absolute atomic E-state index is 12.7. The second kappa shape index (κ2) is 19.1. The maximum Gasteiger partial charge on any atom is 0.343 e. The molecule has 0 unspecified atom stereocenters. The number of esters is 3. The quantitative estimate of drug-likeness (QED) is 0.0576. The molecule has 0 bridgehead atoms. The van der Waals surface area contributed by atoms with Gasteiger partial charge in [0, 0.05) is 5.57 Å². The molecule has 0 saturated carbocycles. The first-order valence-corrected chi connectivity index (χ1v) is 16.0. The topological polar surface area (TPSA) is 88.1 Å². The third-order valence-electron chi connectivity index (χ3n) is 7.29. The van der Waals surface area contributed by atoms with Gasteiger partial charge in [0.1, 0.15) is 17.2 Å². The van der Waals surface area contributed by atoms with Gasteiger partial charge >= 0.3 is 17.9 Å². The van der Waals surface area contributed by atoms with Gasteiger partial charge in [0.15, 0.2) is 0 Å². The molecule has 0 saturated heterocycles. The van der Waals surface area contributed by atoms with Crippen molar-refractivity contribution in [2.45, 2.75) is 85.0 Å². The van der Waals surface area contributed by atoms with E-state index < -0.39 is 17.9 Å². The number of carbonyl (C=O) groups is 3. The number of hydrogen-bond acceptors (Lipinski definition) is 7. The highest BCUT2D eigenvalue weighted by Gasteiger charge is 2.13. The van der Waals surface area contributed by atoms with Gasteiger partial charge in [0.2, 0.25) is 0 Å². The van der Waals surface area contributed by atoms with Crippen LogP contribution in [0.25, 0.3) is 0 Å². The Kier molecular flexibility index (Phi) is 14.9. The Hall–Kier alpha value is -4.39. The van der Waals surface area contributed by atoms with E-state index in [4.69, 9.17) is 18.9 Å². The van der Waals surface area contributed by atoms with Crippen molar-refractivity contribution in [3.63, 3.8) is 0 Å². The van der Waals surface area contributed by atoms with Gasteiger partial charge < -0.3 is 18.9 Å². The lowest BCUT2D eigenvalue weighted by Gasteiger charge is -2.11. The molecule has 0 fully saturated rings. The molecule has 3 rings (SSSR count). The zero-order valence-corrected chi connectivity index (χ0v) is 26.9. The van der Waals surface area contributed by atoms with Gasteiger partial charge in [-0.25, -0.2) is 14.4 Å². The predicted molar refractivity (Wildman–Crippen MR) is 176 cm³/mol. The fraction of sp³-hybridized carbons (Fsp3) is 0.395. The average molecular weight is 615 g/mol. The van der Waals surface area contributed by atoms with Crippen LogP contribution in [0.2, 0.25) is 0 Å². The minimum atomic E-state index is -0.518. The molecule has 0 N–H and O–H groups in total. The first kappa shape index (κ1) is 35.1. The molecule has 0 atom stereocenters. The van der Waals surface area contributed by atoms with Crippen LogP contribution < -0.4 is 14.2 Å². The van der Waals surface area contributed by atoms with Crippen LogP contribution in [0.4, 0.5) is 0 Å². The summed E-state index contributed by atoms with van der Waals surface area (Å²) in [6.07, 6.45) is 11.4. The summed E-state index contributed by atoms with van der Waals surface area (Å²) in [5.41, 5.74) is 3.15. The maximum atomic E-state index is 12.7. The van der Waals surface area contributed by atoms with Crippen LogP contribution in [-0.4, -0.2) is 31.1 Å². The number of rotatable bonds is 19. The van der Waals surface area contributed by atoms with E-state index in [0.717, 1.165) is 12.0 Å². The van der Waals surface area contributed by atoms with Gasteiger partial charge in [0.05, 0.1) is 24.3 Å². The van der Waals surface area contributed by atoms with Gasteiger partial charge in [-0.2, -0.15) is 0 Å². The third kappa shape index (κ3) is 12.6. The molecule has 0 aliphatic rings. The molecule has 3 aromatic carbocycles. The summed E-state index contributed by atoms with van der Waals surface area (Å²) >= 11 is 0. The number of carbonyl (C=O) groups excluding carboxylic acids is 3. The minimum absolute atomic E-state index is 0.314. The van der Waals surface area contributed by atoms with E-state index >= 15 is 0 Å². The summed E-state index contributed by atoms with van der Waals surface area (Å²) < 4.78 is 21.9. The Morgan fingerprint density at radius 3 is 1.84 bits per heavy atom.